The zero-order chi connectivity index (χ0) is 11.4. The summed E-state index contributed by atoms with van der Waals surface area (Å²) in [7, 11) is 0. The van der Waals surface area contributed by atoms with E-state index in [1.54, 1.807) is 6.20 Å². The van der Waals surface area contributed by atoms with Crippen LogP contribution in [0.4, 0.5) is 5.82 Å². The molecular formula is C12H12ClN3. The van der Waals surface area contributed by atoms with Crippen LogP contribution in [0, 0.1) is 0 Å². The lowest BCUT2D eigenvalue weighted by Gasteiger charge is -2.29. The maximum absolute atomic E-state index is 5.78. The van der Waals surface area contributed by atoms with Crippen molar-refractivity contribution in [2.45, 2.75) is 12.0 Å². The largest absolute Gasteiger partial charge is 0.356 e. The first-order valence-electron chi connectivity index (χ1n) is 4.98. The molecule has 4 heteroatoms. The molecule has 16 heavy (non-hydrogen) atoms. The number of hydrogen-bond acceptors (Lipinski definition) is 3. The third-order valence-corrected chi connectivity index (χ3v) is 2.61. The fourth-order valence-corrected chi connectivity index (χ4v) is 1.72. The highest BCUT2D eigenvalue weighted by Gasteiger charge is 2.23. The van der Waals surface area contributed by atoms with Gasteiger partial charge in [-0.3, -0.25) is 4.98 Å². The first-order valence-corrected chi connectivity index (χ1v) is 5.36. The lowest BCUT2D eigenvalue weighted by atomic mass is 9.91. The molecule has 0 saturated carbocycles. The van der Waals surface area contributed by atoms with Crippen LogP contribution >= 0.6 is 11.6 Å². The van der Waals surface area contributed by atoms with Crippen molar-refractivity contribution in [1.29, 1.82) is 0 Å². The summed E-state index contributed by atoms with van der Waals surface area (Å²) in [5, 5.41) is 3.65. The van der Waals surface area contributed by atoms with Gasteiger partial charge in [-0.15, -0.1) is 6.58 Å². The summed E-state index contributed by atoms with van der Waals surface area (Å²) >= 11 is 5.78. The van der Waals surface area contributed by atoms with Gasteiger partial charge >= 0.3 is 0 Å². The van der Waals surface area contributed by atoms with E-state index in [1.807, 2.05) is 24.3 Å². The predicted molar refractivity (Wildman–Crippen MR) is 66.5 cm³/mol. The molecule has 0 aliphatic heterocycles. The molecule has 1 heterocycles. The summed E-state index contributed by atoms with van der Waals surface area (Å²) in [6.45, 7) is 3.85. The molecule has 0 saturated heterocycles. The van der Waals surface area contributed by atoms with Crippen molar-refractivity contribution >= 4 is 17.4 Å². The second-order valence-corrected chi connectivity index (χ2v) is 3.98. The lowest BCUT2D eigenvalue weighted by molar-refractivity contribution is 0.710. The summed E-state index contributed by atoms with van der Waals surface area (Å²) in [5.74, 6) is 0.646. The molecule has 1 atom stereocenters. The van der Waals surface area contributed by atoms with E-state index in [2.05, 4.69) is 27.9 Å². The normalized spacial score (nSPS) is 23.1. The minimum Gasteiger partial charge on any atom is -0.356 e. The number of halogens is 1. The quantitative estimate of drug-likeness (QED) is 0.816. The third kappa shape index (κ3) is 2.31. The molecule has 0 fully saturated rings. The second-order valence-electron chi connectivity index (χ2n) is 3.59. The number of nitrogens with one attached hydrogen (secondary N) is 1. The van der Waals surface area contributed by atoms with E-state index in [9.17, 15) is 0 Å². The number of rotatable bonds is 3. The first-order chi connectivity index (χ1) is 7.74. The van der Waals surface area contributed by atoms with Gasteiger partial charge in [0, 0.05) is 0 Å². The highest BCUT2D eigenvalue weighted by Crippen LogP contribution is 2.23. The standard InChI is InChI=1S/C12H12ClN3/c1-2-12(6-4-3-5-7-12)16-11-9-14-8-10(13)15-11/h2-6,8-9H,1,7H2,(H,15,16). The number of allylic oxidation sites excluding steroid dienone is 2. The Morgan fingerprint density at radius 1 is 1.44 bits per heavy atom. The van der Waals surface area contributed by atoms with Gasteiger partial charge in [0.15, 0.2) is 0 Å². The van der Waals surface area contributed by atoms with E-state index >= 15 is 0 Å². The molecule has 82 valence electrons. The van der Waals surface area contributed by atoms with E-state index in [0.29, 0.717) is 11.0 Å². The van der Waals surface area contributed by atoms with Gasteiger partial charge in [-0.1, -0.05) is 42.0 Å². The van der Waals surface area contributed by atoms with Gasteiger partial charge in [0.25, 0.3) is 0 Å². The van der Waals surface area contributed by atoms with Crippen molar-refractivity contribution in [2.75, 3.05) is 5.32 Å². The zero-order valence-corrected chi connectivity index (χ0v) is 9.48. The third-order valence-electron chi connectivity index (χ3n) is 2.43. The number of anilines is 1. The van der Waals surface area contributed by atoms with E-state index < -0.39 is 0 Å². The monoisotopic (exact) mass is 233 g/mol. The molecular weight excluding hydrogens is 222 g/mol. The van der Waals surface area contributed by atoms with Gasteiger partial charge in [-0.25, -0.2) is 4.98 Å². The van der Waals surface area contributed by atoms with E-state index in [4.69, 9.17) is 11.6 Å². The predicted octanol–water partition coefficient (Wildman–Crippen LogP) is 2.98. The summed E-state index contributed by atoms with van der Waals surface area (Å²) in [4.78, 5) is 8.13. The molecule has 1 aromatic heterocycles. The Kier molecular flexibility index (Phi) is 3.06. The van der Waals surface area contributed by atoms with E-state index in [1.165, 1.54) is 6.20 Å². The molecule has 0 radical (unpaired) electrons. The van der Waals surface area contributed by atoms with Crippen LogP contribution < -0.4 is 5.32 Å². The average Bonchev–Trinajstić information content (AvgIpc) is 2.30. The van der Waals surface area contributed by atoms with Crippen LogP contribution in [0.5, 0.6) is 0 Å². The van der Waals surface area contributed by atoms with E-state index in [0.717, 1.165) is 6.42 Å². The van der Waals surface area contributed by atoms with Crippen LogP contribution in [-0.2, 0) is 0 Å². The minimum absolute atomic E-state index is 0.298. The maximum Gasteiger partial charge on any atom is 0.149 e. The Balaban J connectivity index is 2.22. The Morgan fingerprint density at radius 2 is 2.31 bits per heavy atom. The van der Waals surface area contributed by atoms with Crippen LogP contribution in [0.1, 0.15) is 6.42 Å². The van der Waals surface area contributed by atoms with Crippen LogP contribution in [0.3, 0.4) is 0 Å². The first kappa shape index (κ1) is 10.9. The van der Waals surface area contributed by atoms with Crippen LogP contribution in [-0.4, -0.2) is 15.5 Å². The van der Waals surface area contributed by atoms with E-state index in [-0.39, 0.29) is 5.54 Å². The molecule has 2 rings (SSSR count). The van der Waals surface area contributed by atoms with Crippen LogP contribution in [0.15, 0.2) is 49.4 Å². The second kappa shape index (κ2) is 4.49. The molecule has 1 aromatic rings. The van der Waals surface area contributed by atoms with Gasteiger partial charge in [-0.2, -0.15) is 0 Å². The van der Waals surface area contributed by atoms with Crippen LogP contribution in [0.2, 0.25) is 5.15 Å². The topological polar surface area (TPSA) is 37.8 Å². The fourth-order valence-electron chi connectivity index (χ4n) is 1.57. The summed E-state index contributed by atoms with van der Waals surface area (Å²) in [6, 6.07) is 0. The maximum atomic E-state index is 5.78. The Labute approximate surface area is 99.6 Å². The summed E-state index contributed by atoms with van der Waals surface area (Å²) in [5.41, 5.74) is -0.298. The van der Waals surface area contributed by atoms with Gasteiger partial charge < -0.3 is 5.32 Å². The SMILES string of the molecule is C=CC1(Nc2cncc(Cl)n2)C=CC=CC1. The Morgan fingerprint density at radius 3 is 2.94 bits per heavy atom. The molecule has 0 amide bonds. The Bertz CT molecular complexity index is 453. The Hall–Kier alpha value is -1.61. The van der Waals surface area contributed by atoms with Gasteiger partial charge in [0.05, 0.1) is 17.9 Å². The van der Waals surface area contributed by atoms with Gasteiger partial charge in [-0.05, 0) is 6.42 Å². The molecule has 0 spiro atoms. The molecule has 0 aromatic carbocycles. The number of aromatic nitrogens is 2. The molecule has 1 aliphatic rings. The molecule has 3 nitrogen and oxygen atoms in total. The zero-order valence-electron chi connectivity index (χ0n) is 8.73. The van der Waals surface area contributed by atoms with Crippen molar-refractivity contribution in [3.8, 4) is 0 Å². The number of nitrogens with zero attached hydrogens (tertiary/aromatic N) is 2. The lowest BCUT2D eigenvalue weighted by Crippen LogP contribution is -2.34. The van der Waals surface area contributed by atoms with Crippen LogP contribution in [0.25, 0.3) is 0 Å². The summed E-state index contributed by atoms with van der Waals surface area (Å²) < 4.78 is 0. The highest BCUT2D eigenvalue weighted by molar-refractivity contribution is 6.29. The minimum atomic E-state index is -0.298. The molecule has 1 unspecified atom stereocenters. The van der Waals surface area contributed by atoms with Crippen molar-refractivity contribution in [1.82, 2.24) is 9.97 Å². The van der Waals surface area contributed by atoms with Crippen molar-refractivity contribution in [3.05, 3.63) is 54.5 Å². The van der Waals surface area contributed by atoms with Gasteiger partial charge in [0.1, 0.15) is 11.0 Å². The van der Waals surface area contributed by atoms with Crippen molar-refractivity contribution in [2.24, 2.45) is 0 Å². The molecule has 0 bridgehead atoms. The summed E-state index contributed by atoms with van der Waals surface area (Å²) in [6.07, 6.45) is 13.9. The smallest absolute Gasteiger partial charge is 0.149 e. The average molecular weight is 234 g/mol. The van der Waals surface area contributed by atoms with Crippen molar-refractivity contribution < 1.29 is 0 Å². The highest BCUT2D eigenvalue weighted by atomic mass is 35.5. The van der Waals surface area contributed by atoms with Crippen molar-refractivity contribution in [3.63, 3.8) is 0 Å². The number of hydrogen-bond donors (Lipinski definition) is 1. The molecule has 1 aliphatic carbocycles. The fraction of sp³-hybridized carbons (Fsp3) is 0.167. The van der Waals surface area contributed by atoms with Gasteiger partial charge in [0.2, 0.25) is 0 Å². The molecule has 1 N–H and O–H groups in total.